The number of nitrogens with zero attached hydrogens (tertiary/aromatic N) is 2. The van der Waals surface area contributed by atoms with E-state index < -0.39 is 6.10 Å². The number of hydrogen-bond donors (Lipinski definition) is 1. The number of para-hydroxylation sites is 1. The lowest BCUT2D eigenvalue weighted by atomic mass is 10.0. The maximum Gasteiger partial charge on any atom is 0.0781 e. The van der Waals surface area contributed by atoms with E-state index in [-0.39, 0.29) is 0 Å². The second-order valence-electron chi connectivity index (χ2n) is 5.04. The molecule has 1 fully saturated rings. The predicted octanol–water partition coefficient (Wildman–Crippen LogP) is 1.88. The molecule has 1 aliphatic rings. The summed E-state index contributed by atoms with van der Waals surface area (Å²) in [6.07, 6.45) is -0.405. The minimum absolute atomic E-state index is 0.405. The van der Waals surface area contributed by atoms with E-state index in [0.717, 1.165) is 25.2 Å². The Labute approximate surface area is 104 Å². The van der Waals surface area contributed by atoms with Gasteiger partial charge in [0, 0.05) is 36.9 Å². The number of hydrogen-bond acceptors (Lipinski definition) is 3. The molecule has 17 heavy (non-hydrogen) atoms. The van der Waals surface area contributed by atoms with E-state index >= 15 is 0 Å². The lowest BCUT2D eigenvalue weighted by molar-refractivity contribution is 0.198. The zero-order chi connectivity index (χ0) is 12.4. The molecular weight excluding hydrogens is 212 g/mol. The van der Waals surface area contributed by atoms with Crippen LogP contribution >= 0.6 is 0 Å². The van der Waals surface area contributed by atoms with Crippen LogP contribution in [0.1, 0.15) is 25.5 Å². The van der Waals surface area contributed by atoms with Crippen molar-refractivity contribution in [3.8, 4) is 0 Å². The summed E-state index contributed by atoms with van der Waals surface area (Å²) < 4.78 is 0. The molecule has 0 aromatic heterocycles. The third-order valence-corrected chi connectivity index (χ3v) is 3.53. The zero-order valence-electron chi connectivity index (χ0n) is 10.9. The third-order valence-electron chi connectivity index (χ3n) is 3.53. The van der Waals surface area contributed by atoms with Crippen molar-refractivity contribution in [2.24, 2.45) is 0 Å². The van der Waals surface area contributed by atoms with E-state index in [0.29, 0.717) is 6.04 Å². The maximum absolute atomic E-state index is 9.84. The highest BCUT2D eigenvalue weighted by Gasteiger charge is 2.23. The second-order valence-corrected chi connectivity index (χ2v) is 5.04. The fourth-order valence-electron chi connectivity index (χ4n) is 2.60. The van der Waals surface area contributed by atoms with E-state index in [1.54, 1.807) is 0 Å². The van der Waals surface area contributed by atoms with Crippen LogP contribution < -0.4 is 4.90 Å². The van der Waals surface area contributed by atoms with Crippen molar-refractivity contribution in [1.29, 1.82) is 0 Å². The smallest absolute Gasteiger partial charge is 0.0781 e. The van der Waals surface area contributed by atoms with Crippen LogP contribution in [0, 0.1) is 0 Å². The molecule has 2 rings (SSSR count). The van der Waals surface area contributed by atoms with Crippen LogP contribution in [-0.2, 0) is 0 Å². The van der Waals surface area contributed by atoms with Crippen molar-refractivity contribution >= 4 is 5.69 Å². The number of benzene rings is 1. The van der Waals surface area contributed by atoms with E-state index in [2.05, 4.69) is 29.8 Å². The van der Waals surface area contributed by atoms with Crippen molar-refractivity contribution in [1.82, 2.24) is 4.90 Å². The lowest BCUT2D eigenvalue weighted by Crippen LogP contribution is -2.50. The van der Waals surface area contributed by atoms with Crippen LogP contribution in [0.25, 0.3) is 0 Å². The summed E-state index contributed by atoms with van der Waals surface area (Å²) in [4.78, 5) is 4.76. The molecule has 0 amide bonds. The number of aliphatic hydroxyl groups is 1. The molecule has 0 saturated carbocycles. The van der Waals surface area contributed by atoms with Crippen LogP contribution in [0.4, 0.5) is 5.69 Å². The van der Waals surface area contributed by atoms with Gasteiger partial charge in [0.05, 0.1) is 6.10 Å². The van der Waals surface area contributed by atoms with E-state index in [1.165, 1.54) is 5.69 Å². The average molecular weight is 234 g/mol. The molecule has 1 N–H and O–H groups in total. The SMILES string of the molecule is CC(O)c1ccccc1N1CCN(C)CC1C. The van der Waals surface area contributed by atoms with Gasteiger partial charge in [-0.15, -0.1) is 0 Å². The van der Waals surface area contributed by atoms with Gasteiger partial charge >= 0.3 is 0 Å². The van der Waals surface area contributed by atoms with Crippen molar-refractivity contribution in [2.75, 3.05) is 31.6 Å². The molecule has 1 aromatic carbocycles. The monoisotopic (exact) mass is 234 g/mol. The normalized spacial score (nSPS) is 23.8. The summed E-state index contributed by atoms with van der Waals surface area (Å²) in [7, 11) is 2.16. The molecule has 0 radical (unpaired) electrons. The maximum atomic E-state index is 9.84. The standard InChI is InChI=1S/C14H22N2O/c1-11-10-15(3)8-9-16(11)14-7-5-4-6-13(14)12(2)17/h4-7,11-12,17H,8-10H2,1-3H3. The Balaban J connectivity index is 2.27. The van der Waals surface area contributed by atoms with E-state index in [1.807, 2.05) is 25.1 Å². The van der Waals surface area contributed by atoms with Gasteiger partial charge in [-0.1, -0.05) is 18.2 Å². The molecule has 2 atom stereocenters. The van der Waals surface area contributed by atoms with Gasteiger partial charge in [0.25, 0.3) is 0 Å². The first-order chi connectivity index (χ1) is 8.09. The lowest BCUT2D eigenvalue weighted by Gasteiger charge is -2.41. The molecule has 3 nitrogen and oxygen atoms in total. The fourth-order valence-corrected chi connectivity index (χ4v) is 2.60. The molecule has 94 valence electrons. The van der Waals surface area contributed by atoms with Crippen molar-refractivity contribution in [3.63, 3.8) is 0 Å². The molecule has 2 unspecified atom stereocenters. The first kappa shape index (κ1) is 12.4. The molecule has 1 saturated heterocycles. The van der Waals surface area contributed by atoms with Crippen molar-refractivity contribution in [3.05, 3.63) is 29.8 Å². The van der Waals surface area contributed by atoms with Crippen LogP contribution in [-0.4, -0.2) is 42.7 Å². The number of likely N-dealkylation sites (N-methyl/N-ethyl adjacent to an activating group) is 1. The molecule has 3 heteroatoms. The Hall–Kier alpha value is -1.06. The molecule has 0 bridgehead atoms. The van der Waals surface area contributed by atoms with Gasteiger partial charge in [-0.05, 0) is 27.0 Å². The molecule has 1 aromatic rings. The van der Waals surface area contributed by atoms with Gasteiger partial charge in [0.15, 0.2) is 0 Å². The summed E-state index contributed by atoms with van der Waals surface area (Å²) in [5.74, 6) is 0. The van der Waals surface area contributed by atoms with Crippen molar-refractivity contribution < 1.29 is 5.11 Å². The molecular formula is C14H22N2O. The highest BCUT2D eigenvalue weighted by Crippen LogP contribution is 2.28. The first-order valence-electron chi connectivity index (χ1n) is 6.31. The summed E-state index contributed by atoms with van der Waals surface area (Å²) in [6.45, 7) is 7.27. The Bertz CT molecular complexity index is 378. The Kier molecular flexibility index (Phi) is 3.69. The Morgan fingerprint density at radius 2 is 2.00 bits per heavy atom. The summed E-state index contributed by atoms with van der Waals surface area (Å²) in [5, 5.41) is 9.84. The van der Waals surface area contributed by atoms with Crippen LogP contribution in [0.15, 0.2) is 24.3 Å². The average Bonchev–Trinajstić information content (AvgIpc) is 2.29. The highest BCUT2D eigenvalue weighted by atomic mass is 16.3. The van der Waals surface area contributed by atoms with E-state index in [4.69, 9.17) is 0 Å². The number of aliphatic hydroxyl groups excluding tert-OH is 1. The molecule has 1 aliphatic heterocycles. The Morgan fingerprint density at radius 1 is 1.29 bits per heavy atom. The van der Waals surface area contributed by atoms with Gasteiger partial charge in [0.1, 0.15) is 0 Å². The summed E-state index contributed by atoms with van der Waals surface area (Å²) in [5.41, 5.74) is 2.21. The van der Waals surface area contributed by atoms with Gasteiger partial charge in [-0.3, -0.25) is 0 Å². The second kappa shape index (κ2) is 5.07. The van der Waals surface area contributed by atoms with Crippen LogP contribution in [0.3, 0.4) is 0 Å². The van der Waals surface area contributed by atoms with Crippen molar-refractivity contribution in [2.45, 2.75) is 26.0 Å². The number of rotatable bonds is 2. The fraction of sp³-hybridized carbons (Fsp3) is 0.571. The Morgan fingerprint density at radius 3 is 2.65 bits per heavy atom. The topological polar surface area (TPSA) is 26.7 Å². The first-order valence-corrected chi connectivity index (χ1v) is 6.31. The summed E-state index contributed by atoms with van der Waals surface area (Å²) >= 11 is 0. The third kappa shape index (κ3) is 2.61. The quantitative estimate of drug-likeness (QED) is 0.846. The minimum atomic E-state index is -0.405. The number of piperazine rings is 1. The largest absolute Gasteiger partial charge is 0.389 e. The predicted molar refractivity (Wildman–Crippen MR) is 71.4 cm³/mol. The van der Waals surface area contributed by atoms with Crippen LogP contribution in [0.2, 0.25) is 0 Å². The van der Waals surface area contributed by atoms with Gasteiger partial charge in [0.2, 0.25) is 0 Å². The van der Waals surface area contributed by atoms with Gasteiger partial charge in [-0.25, -0.2) is 0 Å². The molecule has 0 aliphatic carbocycles. The number of anilines is 1. The van der Waals surface area contributed by atoms with Gasteiger partial charge in [-0.2, -0.15) is 0 Å². The summed E-state index contributed by atoms with van der Waals surface area (Å²) in [6, 6.07) is 8.67. The van der Waals surface area contributed by atoms with Gasteiger partial charge < -0.3 is 14.9 Å². The highest BCUT2D eigenvalue weighted by molar-refractivity contribution is 5.55. The molecule has 0 spiro atoms. The van der Waals surface area contributed by atoms with Crippen LogP contribution in [0.5, 0.6) is 0 Å². The zero-order valence-corrected chi connectivity index (χ0v) is 10.9. The van der Waals surface area contributed by atoms with E-state index in [9.17, 15) is 5.11 Å². The minimum Gasteiger partial charge on any atom is -0.389 e. The molecule has 1 heterocycles.